The van der Waals surface area contributed by atoms with E-state index in [0.717, 1.165) is 43.5 Å². The number of carbonyl (C=O) groups is 2. The van der Waals surface area contributed by atoms with Crippen molar-refractivity contribution in [2.75, 3.05) is 10.2 Å². The van der Waals surface area contributed by atoms with Crippen molar-refractivity contribution >= 4 is 40.6 Å². The molecule has 1 unspecified atom stereocenters. The number of hydrogen-bond acceptors (Lipinski definition) is 6. The van der Waals surface area contributed by atoms with Gasteiger partial charge in [-0.3, -0.25) is 14.5 Å². The average molecular weight is 632 g/mol. The smallest absolute Gasteiger partial charge is 0.261 e. The van der Waals surface area contributed by atoms with Crippen molar-refractivity contribution in [2.45, 2.75) is 22.5 Å². The molecule has 0 bridgehead atoms. The number of aromatic hydroxyl groups is 1. The van der Waals surface area contributed by atoms with Crippen molar-refractivity contribution in [3.8, 4) is 16.9 Å². The lowest BCUT2D eigenvalue weighted by atomic mass is 10.0. The van der Waals surface area contributed by atoms with Crippen LogP contribution in [-0.2, 0) is 6.54 Å². The van der Waals surface area contributed by atoms with Crippen LogP contribution in [0, 0.1) is 0 Å². The van der Waals surface area contributed by atoms with E-state index in [2.05, 4.69) is 58.7 Å². The molecule has 6 nitrogen and oxygen atoms in total. The SMILES string of the molecule is O=C1c2ccccc2C(=O)N1Cc1cc2c(cc1O)Sc1ccccc1N2C(Nc1ccccc1)c1ccc(-c2ccccc2)cc1. The largest absolute Gasteiger partial charge is 0.508 e. The molecule has 7 heteroatoms. The zero-order valence-corrected chi connectivity index (χ0v) is 26.0. The molecule has 2 aliphatic heterocycles. The van der Waals surface area contributed by atoms with Gasteiger partial charge in [0, 0.05) is 21.0 Å². The first-order valence-electron chi connectivity index (χ1n) is 15.4. The molecule has 0 saturated carbocycles. The second kappa shape index (κ2) is 11.9. The van der Waals surface area contributed by atoms with E-state index in [1.54, 1.807) is 42.1 Å². The summed E-state index contributed by atoms with van der Waals surface area (Å²) in [6.07, 6.45) is -0.347. The monoisotopic (exact) mass is 631 g/mol. The number of carbonyl (C=O) groups excluding carboxylic acids is 2. The average Bonchev–Trinajstić information content (AvgIpc) is 3.36. The molecule has 0 radical (unpaired) electrons. The van der Waals surface area contributed by atoms with Gasteiger partial charge in [0.05, 0.1) is 29.0 Å². The van der Waals surface area contributed by atoms with E-state index in [1.165, 1.54) is 4.90 Å². The Balaban J connectivity index is 1.24. The molecule has 2 amide bonds. The third-order valence-corrected chi connectivity index (χ3v) is 9.75. The summed E-state index contributed by atoms with van der Waals surface area (Å²) in [5.74, 6) is -0.685. The molecular weight excluding hydrogens is 603 g/mol. The predicted molar refractivity (Wildman–Crippen MR) is 186 cm³/mol. The van der Waals surface area contributed by atoms with Crippen molar-refractivity contribution in [3.63, 3.8) is 0 Å². The van der Waals surface area contributed by atoms with Crippen LogP contribution in [0.3, 0.4) is 0 Å². The molecule has 2 aliphatic rings. The topological polar surface area (TPSA) is 72.9 Å². The number of anilines is 3. The number of rotatable bonds is 7. The van der Waals surface area contributed by atoms with Gasteiger partial charge >= 0.3 is 0 Å². The summed E-state index contributed by atoms with van der Waals surface area (Å²) < 4.78 is 0. The molecule has 0 spiro atoms. The lowest BCUT2D eigenvalue weighted by molar-refractivity contribution is 0.0641. The highest BCUT2D eigenvalue weighted by Crippen LogP contribution is 2.53. The van der Waals surface area contributed by atoms with Crippen LogP contribution in [0.5, 0.6) is 5.75 Å². The van der Waals surface area contributed by atoms with E-state index >= 15 is 0 Å². The molecule has 8 rings (SSSR count). The second-order valence-corrected chi connectivity index (χ2v) is 12.6. The summed E-state index contributed by atoms with van der Waals surface area (Å²) in [4.78, 5) is 31.9. The van der Waals surface area contributed by atoms with Gasteiger partial charge in [-0.25, -0.2) is 0 Å². The van der Waals surface area contributed by atoms with Crippen molar-refractivity contribution in [2.24, 2.45) is 0 Å². The van der Waals surface area contributed by atoms with Gasteiger partial charge < -0.3 is 15.3 Å². The Morgan fingerprint density at radius 3 is 1.91 bits per heavy atom. The quantitative estimate of drug-likeness (QED) is 0.171. The minimum absolute atomic E-state index is 0.0342. The molecule has 0 fully saturated rings. The molecule has 228 valence electrons. The number of fused-ring (bicyclic) bond motifs is 3. The number of hydrogen-bond donors (Lipinski definition) is 2. The molecule has 2 N–H and O–H groups in total. The van der Waals surface area contributed by atoms with Crippen LogP contribution < -0.4 is 10.2 Å². The third-order valence-electron chi connectivity index (χ3n) is 8.64. The normalized spacial score (nSPS) is 14.0. The van der Waals surface area contributed by atoms with E-state index in [9.17, 15) is 14.7 Å². The summed E-state index contributed by atoms with van der Waals surface area (Å²) in [6, 6.07) is 47.7. The summed E-state index contributed by atoms with van der Waals surface area (Å²) in [5, 5.41) is 15.1. The van der Waals surface area contributed by atoms with Crippen LogP contribution in [-0.4, -0.2) is 21.8 Å². The van der Waals surface area contributed by atoms with E-state index < -0.39 is 0 Å². The number of phenols is 1. The number of benzene rings is 6. The fourth-order valence-corrected chi connectivity index (χ4v) is 7.38. The first kappa shape index (κ1) is 28.7. The zero-order chi connectivity index (χ0) is 31.9. The van der Waals surface area contributed by atoms with Gasteiger partial charge in [-0.05, 0) is 65.2 Å². The number of amides is 2. The van der Waals surface area contributed by atoms with Gasteiger partial charge in [0.15, 0.2) is 0 Å². The van der Waals surface area contributed by atoms with Crippen molar-refractivity contribution in [3.05, 3.63) is 168 Å². The van der Waals surface area contributed by atoms with Crippen LogP contribution in [0.25, 0.3) is 11.1 Å². The van der Waals surface area contributed by atoms with E-state index in [4.69, 9.17) is 0 Å². The summed E-state index contributed by atoms with van der Waals surface area (Å²) >= 11 is 1.58. The second-order valence-electron chi connectivity index (χ2n) is 11.5. The molecule has 0 saturated heterocycles. The van der Waals surface area contributed by atoms with Gasteiger partial charge in [-0.2, -0.15) is 0 Å². The van der Waals surface area contributed by atoms with Crippen LogP contribution in [0.4, 0.5) is 17.1 Å². The molecular formula is C40H29N3O3S. The number of nitrogens with zero attached hydrogens (tertiary/aromatic N) is 2. The summed E-state index contributed by atoms with van der Waals surface area (Å²) in [5.41, 5.74) is 7.37. The van der Waals surface area contributed by atoms with E-state index in [1.807, 2.05) is 66.7 Å². The highest BCUT2D eigenvalue weighted by Gasteiger charge is 2.37. The number of nitrogens with one attached hydrogen (secondary N) is 1. The Morgan fingerprint density at radius 1 is 0.617 bits per heavy atom. The maximum Gasteiger partial charge on any atom is 0.261 e. The van der Waals surface area contributed by atoms with E-state index in [0.29, 0.717) is 16.7 Å². The van der Waals surface area contributed by atoms with Gasteiger partial charge in [-0.15, -0.1) is 0 Å². The van der Waals surface area contributed by atoms with Gasteiger partial charge in [0.2, 0.25) is 0 Å². The number of imide groups is 1. The Morgan fingerprint density at radius 2 is 1.21 bits per heavy atom. The maximum atomic E-state index is 13.3. The van der Waals surface area contributed by atoms with Crippen LogP contribution in [0.1, 0.15) is 38.0 Å². The fraction of sp³-hybridized carbons (Fsp3) is 0.0500. The minimum atomic E-state index is -0.360. The van der Waals surface area contributed by atoms with E-state index in [-0.39, 0.29) is 30.3 Å². The lowest BCUT2D eigenvalue weighted by Crippen LogP contribution is -2.32. The van der Waals surface area contributed by atoms with Gasteiger partial charge in [0.1, 0.15) is 11.9 Å². The lowest BCUT2D eigenvalue weighted by Gasteiger charge is -2.40. The summed E-state index contributed by atoms with van der Waals surface area (Å²) in [6.45, 7) is -0.0475. The number of para-hydroxylation sites is 2. The Bertz CT molecular complexity index is 2100. The standard InChI is InChI=1S/C40H29N3O3S/c44-35-24-37-34(23-29(35)25-42-39(45)31-15-7-8-16-32(31)40(42)46)43(33-17-9-10-18-36(33)47-37)38(41-30-13-5-2-6-14-30)28-21-19-27(20-22-28)26-11-3-1-4-12-26/h1-24,38,41,44H,25H2. The van der Waals surface area contributed by atoms with Gasteiger partial charge in [-0.1, -0.05) is 109 Å². The molecule has 6 aromatic rings. The third kappa shape index (κ3) is 5.20. The molecule has 0 aromatic heterocycles. The highest BCUT2D eigenvalue weighted by molar-refractivity contribution is 7.99. The highest BCUT2D eigenvalue weighted by atomic mass is 32.2. The van der Waals surface area contributed by atoms with Crippen LogP contribution >= 0.6 is 11.8 Å². The maximum absolute atomic E-state index is 13.3. The van der Waals surface area contributed by atoms with Crippen LogP contribution in [0.2, 0.25) is 0 Å². The molecule has 47 heavy (non-hydrogen) atoms. The predicted octanol–water partition coefficient (Wildman–Crippen LogP) is 9.27. The molecule has 1 atom stereocenters. The Hall–Kier alpha value is -5.79. The van der Waals surface area contributed by atoms with Gasteiger partial charge in [0.25, 0.3) is 11.8 Å². The Labute approximate surface area is 276 Å². The zero-order valence-electron chi connectivity index (χ0n) is 25.2. The molecule has 0 aliphatic carbocycles. The summed E-state index contributed by atoms with van der Waals surface area (Å²) in [7, 11) is 0. The molecule has 2 heterocycles. The molecule has 6 aromatic carbocycles. The Kier molecular flexibility index (Phi) is 7.23. The van der Waals surface area contributed by atoms with Crippen molar-refractivity contribution in [1.82, 2.24) is 4.90 Å². The minimum Gasteiger partial charge on any atom is -0.508 e. The van der Waals surface area contributed by atoms with Crippen molar-refractivity contribution in [1.29, 1.82) is 0 Å². The first-order chi connectivity index (χ1) is 23.0. The number of phenolic OH excluding ortho intramolecular Hbond substituents is 1. The fourth-order valence-electron chi connectivity index (χ4n) is 6.30. The first-order valence-corrected chi connectivity index (χ1v) is 16.2. The van der Waals surface area contributed by atoms with Crippen LogP contribution in [0.15, 0.2) is 155 Å². The van der Waals surface area contributed by atoms with Crippen molar-refractivity contribution < 1.29 is 14.7 Å².